The highest BCUT2D eigenvalue weighted by molar-refractivity contribution is 7.98. The van der Waals surface area contributed by atoms with Crippen LogP contribution in [0.15, 0.2) is 83.0 Å². The Morgan fingerprint density at radius 3 is 2.62 bits per heavy atom. The quantitative estimate of drug-likeness (QED) is 0.351. The molecule has 0 radical (unpaired) electrons. The number of benzene rings is 2. The van der Waals surface area contributed by atoms with Crippen molar-refractivity contribution in [1.29, 1.82) is 0 Å². The number of thioether (sulfide) groups is 1. The Labute approximate surface area is 198 Å². The van der Waals surface area contributed by atoms with Crippen molar-refractivity contribution in [3.05, 3.63) is 94.7 Å². The second-order valence-corrected chi connectivity index (χ2v) is 8.86. The minimum atomic E-state index is -0.145. The average molecular weight is 469 g/mol. The molecule has 0 atom stereocenters. The molecule has 0 aliphatic heterocycles. The van der Waals surface area contributed by atoms with Crippen LogP contribution in [0.4, 0.5) is 0 Å². The fraction of sp³-hybridized carbons (Fsp3) is 0.120. The third-order valence-electron chi connectivity index (χ3n) is 5.80. The number of hydrogen-bond donors (Lipinski definition) is 0. The summed E-state index contributed by atoms with van der Waals surface area (Å²) in [5.74, 6) is 1.80. The molecule has 4 heterocycles. The molecule has 4 aromatic heterocycles. The van der Waals surface area contributed by atoms with Gasteiger partial charge in [0.05, 0.1) is 29.4 Å². The molecule has 0 saturated heterocycles. The van der Waals surface area contributed by atoms with Gasteiger partial charge in [0.2, 0.25) is 5.78 Å². The fourth-order valence-electron chi connectivity index (χ4n) is 4.15. The lowest BCUT2D eigenvalue weighted by molar-refractivity contribution is 0.414. The number of aromatic nitrogens is 6. The van der Waals surface area contributed by atoms with Crippen molar-refractivity contribution in [2.75, 3.05) is 7.11 Å². The lowest BCUT2D eigenvalue weighted by Gasteiger charge is -2.11. The largest absolute Gasteiger partial charge is 0.497 e. The van der Waals surface area contributed by atoms with Crippen LogP contribution < -0.4 is 10.3 Å². The molecule has 0 saturated carbocycles. The molecule has 6 rings (SSSR count). The molecule has 0 bridgehead atoms. The van der Waals surface area contributed by atoms with Crippen LogP contribution in [-0.2, 0) is 5.75 Å². The van der Waals surface area contributed by atoms with Gasteiger partial charge in [-0.05, 0) is 55.0 Å². The normalized spacial score (nSPS) is 11.6. The summed E-state index contributed by atoms with van der Waals surface area (Å²) in [6.45, 7) is 2.05. The van der Waals surface area contributed by atoms with Crippen LogP contribution in [0.2, 0.25) is 0 Å². The first-order chi connectivity index (χ1) is 16.6. The third kappa shape index (κ3) is 3.24. The van der Waals surface area contributed by atoms with E-state index in [1.54, 1.807) is 11.7 Å². The molecule has 9 heteroatoms. The monoisotopic (exact) mass is 468 g/mol. The second-order valence-electron chi connectivity index (χ2n) is 7.92. The summed E-state index contributed by atoms with van der Waals surface area (Å²) in [6.07, 6.45) is 4.03. The van der Waals surface area contributed by atoms with E-state index in [0.717, 1.165) is 22.4 Å². The standard InChI is InChI=1S/C25H20N6O2S/c1-16-6-5-13-29-14-17(26-22(16)29)15-34-25-28-27-24-30(18-9-11-19(33-2)12-10-18)23(32)20-7-3-4-8-21(20)31(24)25/h3-14H,15H2,1-2H3. The van der Waals surface area contributed by atoms with Crippen molar-refractivity contribution in [2.24, 2.45) is 0 Å². The number of hydrogen-bond acceptors (Lipinski definition) is 6. The van der Waals surface area contributed by atoms with Crippen LogP contribution >= 0.6 is 11.8 Å². The van der Waals surface area contributed by atoms with Crippen LogP contribution in [0.25, 0.3) is 28.0 Å². The molecule has 0 unspecified atom stereocenters. The molecule has 0 N–H and O–H groups in total. The number of nitrogens with zero attached hydrogens (tertiary/aromatic N) is 6. The van der Waals surface area contributed by atoms with E-state index >= 15 is 0 Å². The van der Waals surface area contributed by atoms with Gasteiger partial charge in [0.1, 0.15) is 11.4 Å². The van der Waals surface area contributed by atoms with E-state index in [4.69, 9.17) is 9.72 Å². The Kier molecular flexibility index (Phi) is 4.84. The minimum Gasteiger partial charge on any atom is -0.497 e. The third-order valence-corrected chi connectivity index (χ3v) is 6.76. The maximum atomic E-state index is 13.4. The topological polar surface area (TPSA) is 78.7 Å². The number of rotatable bonds is 5. The zero-order valence-electron chi connectivity index (χ0n) is 18.5. The van der Waals surface area contributed by atoms with Gasteiger partial charge in [-0.2, -0.15) is 0 Å². The predicted molar refractivity (Wildman–Crippen MR) is 132 cm³/mol. The molecule has 8 nitrogen and oxygen atoms in total. The number of methoxy groups -OCH3 is 1. The van der Waals surface area contributed by atoms with E-state index in [1.165, 1.54) is 11.8 Å². The molecule has 0 aliphatic carbocycles. The first-order valence-corrected chi connectivity index (χ1v) is 11.7. The summed E-state index contributed by atoms with van der Waals surface area (Å²) in [6, 6.07) is 18.9. The van der Waals surface area contributed by atoms with Crippen molar-refractivity contribution in [3.63, 3.8) is 0 Å². The van der Waals surface area contributed by atoms with Gasteiger partial charge in [-0.25, -0.2) is 9.55 Å². The second kappa shape index (κ2) is 8.03. The summed E-state index contributed by atoms with van der Waals surface area (Å²) in [5.41, 5.74) is 4.34. The molecule has 168 valence electrons. The number of imidazole rings is 1. The van der Waals surface area contributed by atoms with Crippen LogP contribution in [0, 0.1) is 6.92 Å². The van der Waals surface area contributed by atoms with Crippen LogP contribution in [0.3, 0.4) is 0 Å². The smallest absolute Gasteiger partial charge is 0.267 e. The number of aryl methyl sites for hydroxylation is 1. The highest BCUT2D eigenvalue weighted by Gasteiger charge is 2.18. The number of ether oxygens (including phenoxy) is 1. The van der Waals surface area contributed by atoms with Gasteiger partial charge < -0.3 is 9.14 Å². The molecular formula is C25H20N6O2S. The van der Waals surface area contributed by atoms with Gasteiger partial charge in [-0.1, -0.05) is 30.0 Å². The van der Waals surface area contributed by atoms with E-state index in [9.17, 15) is 4.79 Å². The molecule has 34 heavy (non-hydrogen) atoms. The summed E-state index contributed by atoms with van der Waals surface area (Å²) in [7, 11) is 1.61. The number of pyridine rings is 1. The highest BCUT2D eigenvalue weighted by atomic mass is 32.2. The molecule has 6 aromatic rings. The molecule has 0 amide bonds. The average Bonchev–Trinajstić information content (AvgIpc) is 3.48. The van der Waals surface area contributed by atoms with Crippen molar-refractivity contribution in [1.82, 2.24) is 28.5 Å². The van der Waals surface area contributed by atoms with Crippen molar-refractivity contribution < 1.29 is 4.74 Å². The number of para-hydroxylation sites is 1. The van der Waals surface area contributed by atoms with E-state index in [1.807, 2.05) is 75.8 Å². The lowest BCUT2D eigenvalue weighted by Crippen LogP contribution is -2.21. The highest BCUT2D eigenvalue weighted by Crippen LogP contribution is 2.26. The summed E-state index contributed by atoms with van der Waals surface area (Å²) in [4.78, 5) is 18.2. The van der Waals surface area contributed by atoms with Crippen molar-refractivity contribution in [3.8, 4) is 11.4 Å². The summed E-state index contributed by atoms with van der Waals surface area (Å²) >= 11 is 1.54. The Morgan fingerprint density at radius 2 is 1.82 bits per heavy atom. The Hall–Kier alpha value is -4.11. The Bertz CT molecular complexity index is 1730. The van der Waals surface area contributed by atoms with Crippen LogP contribution in [-0.4, -0.2) is 35.7 Å². The summed E-state index contributed by atoms with van der Waals surface area (Å²) in [5, 5.41) is 10.2. The molecular weight excluding hydrogens is 448 g/mol. The molecule has 0 fully saturated rings. The van der Waals surface area contributed by atoms with E-state index < -0.39 is 0 Å². The zero-order valence-corrected chi connectivity index (χ0v) is 19.4. The van der Waals surface area contributed by atoms with Gasteiger partial charge in [0.25, 0.3) is 5.56 Å². The van der Waals surface area contributed by atoms with E-state index in [0.29, 0.717) is 33.5 Å². The van der Waals surface area contributed by atoms with Gasteiger partial charge in [-0.3, -0.25) is 9.20 Å². The van der Waals surface area contributed by atoms with E-state index in [-0.39, 0.29) is 5.56 Å². The van der Waals surface area contributed by atoms with E-state index in [2.05, 4.69) is 23.2 Å². The maximum absolute atomic E-state index is 13.4. The molecule has 2 aromatic carbocycles. The van der Waals surface area contributed by atoms with Crippen molar-refractivity contribution >= 4 is 34.1 Å². The fourth-order valence-corrected chi connectivity index (χ4v) is 4.97. The van der Waals surface area contributed by atoms with Crippen LogP contribution in [0.1, 0.15) is 11.3 Å². The maximum Gasteiger partial charge on any atom is 0.267 e. The van der Waals surface area contributed by atoms with Crippen molar-refractivity contribution in [2.45, 2.75) is 17.8 Å². The lowest BCUT2D eigenvalue weighted by atomic mass is 10.2. The Balaban J connectivity index is 1.48. The SMILES string of the molecule is COc1ccc(-n2c(=O)c3ccccc3n3c(SCc4cn5cccc(C)c5n4)nnc23)cc1. The summed E-state index contributed by atoms with van der Waals surface area (Å²) < 4.78 is 10.8. The Morgan fingerprint density at radius 1 is 1.00 bits per heavy atom. The van der Waals surface area contributed by atoms with Gasteiger partial charge in [-0.15, -0.1) is 10.2 Å². The predicted octanol–water partition coefficient (Wildman–Crippen LogP) is 4.29. The van der Waals surface area contributed by atoms with Crippen LogP contribution in [0.5, 0.6) is 5.75 Å². The molecule has 0 aliphatic rings. The first kappa shape index (κ1) is 20.5. The van der Waals surface area contributed by atoms with Gasteiger partial charge >= 0.3 is 0 Å². The van der Waals surface area contributed by atoms with Gasteiger partial charge in [0.15, 0.2) is 5.16 Å². The number of fused-ring (bicyclic) bond motifs is 4. The van der Waals surface area contributed by atoms with Gasteiger partial charge in [0, 0.05) is 18.1 Å². The molecule has 0 spiro atoms. The first-order valence-electron chi connectivity index (χ1n) is 10.7. The minimum absolute atomic E-state index is 0.145. The zero-order chi connectivity index (χ0) is 23.2.